The van der Waals surface area contributed by atoms with Crippen LogP contribution in [0.25, 0.3) is 0 Å². The Labute approximate surface area is 43.3 Å². The Bertz CT molecular complexity index is 137. The van der Waals surface area contributed by atoms with Crippen molar-refractivity contribution >= 4 is 0 Å². The van der Waals surface area contributed by atoms with E-state index in [0.717, 1.165) is 17.5 Å². The Morgan fingerprint density at radius 1 is 1.71 bits per heavy atom. The van der Waals surface area contributed by atoms with Crippen molar-refractivity contribution in [1.82, 2.24) is 4.90 Å². The van der Waals surface area contributed by atoms with Crippen LogP contribution in [0.15, 0.2) is 0 Å². The van der Waals surface area contributed by atoms with Crippen molar-refractivity contribution in [3.05, 3.63) is 0 Å². The smallest absolute Gasteiger partial charge is 0.0422 e. The highest BCUT2D eigenvalue weighted by Gasteiger charge is 2.85. The van der Waals surface area contributed by atoms with Gasteiger partial charge in [0.2, 0.25) is 0 Å². The molecule has 0 radical (unpaired) electrons. The highest BCUT2D eigenvalue weighted by molar-refractivity contribution is 5.41. The first-order chi connectivity index (χ1) is 3.36. The molecule has 7 heavy (non-hydrogen) atoms. The highest BCUT2D eigenvalue weighted by Crippen LogP contribution is 2.73. The molecule has 1 aliphatic carbocycles. The van der Waals surface area contributed by atoms with Gasteiger partial charge in [0.05, 0.1) is 0 Å². The minimum absolute atomic E-state index is 0.847. The molecule has 2 aliphatic heterocycles. The van der Waals surface area contributed by atoms with E-state index < -0.39 is 0 Å². The number of nitrogens with zero attached hydrogens (tertiary/aromatic N) is 1. The number of hydrogen-bond acceptors (Lipinski definition) is 1. The van der Waals surface area contributed by atoms with Crippen LogP contribution in [-0.4, -0.2) is 23.0 Å². The van der Waals surface area contributed by atoms with Crippen LogP contribution < -0.4 is 0 Å². The van der Waals surface area contributed by atoms with Crippen LogP contribution in [0.1, 0.15) is 13.3 Å². The summed E-state index contributed by atoms with van der Waals surface area (Å²) in [6.45, 7) is 3.79. The molecule has 38 valence electrons. The normalized spacial score (nSPS) is 81.0. The molecule has 0 aromatic rings. The van der Waals surface area contributed by atoms with Gasteiger partial charge in [-0.3, -0.25) is 4.90 Å². The zero-order valence-electron chi connectivity index (χ0n) is 4.52. The van der Waals surface area contributed by atoms with Crippen molar-refractivity contribution < 1.29 is 0 Å². The third kappa shape index (κ3) is 0.129. The van der Waals surface area contributed by atoms with Gasteiger partial charge in [0, 0.05) is 18.1 Å². The monoisotopic (exact) mass is 95.1 g/mol. The summed E-state index contributed by atoms with van der Waals surface area (Å²) >= 11 is 0. The molecule has 0 N–H and O–H groups in total. The van der Waals surface area contributed by atoms with Gasteiger partial charge in [-0.2, -0.15) is 0 Å². The van der Waals surface area contributed by atoms with E-state index in [2.05, 4.69) is 11.8 Å². The third-order valence-corrected chi connectivity index (χ3v) is 3.10. The van der Waals surface area contributed by atoms with E-state index in [1.165, 1.54) is 13.0 Å². The molecule has 2 heterocycles. The molecule has 4 unspecified atom stereocenters. The Kier molecular flexibility index (Phi) is 0.224. The molecule has 0 aromatic heterocycles. The molecule has 0 amide bonds. The lowest BCUT2D eigenvalue weighted by molar-refractivity contribution is 0.149. The molecule has 1 saturated carbocycles. The summed E-state index contributed by atoms with van der Waals surface area (Å²) in [4.78, 5) is 2.61. The summed E-state index contributed by atoms with van der Waals surface area (Å²) < 4.78 is 0. The molecule has 1 nitrogen and oxygen atoms in total. The zero-order chi connectivity index (χ0) is 4.65. The van der Waals surface area contributed by atoms with E-state index in [9.17, 15) is 0 Å². The predicted octanol–water partition coefficient (Wildman–Crippen LogP) is 0.463. The Hall–Kier alpha value is -0.0400. The topological polar surface area (TPSA) is 3.01 Å². The van der Waals surface area contributed by atoms with E-state index in [-0.39, 0.29) is 0 Å². The summed E-state index contributed by atoms with van der Waals surface area (Å²) in [5.74, 6) is 1.05. The van der Waals surface area contributed by atoms with Crippen LogP contribution in [0.5, 0.6) is 0 Å². The fourth-order valence-electron chi connectivity index (χ4n) is 2.29. The molecule has 4 atom stereocenters. The number of hydrogen-bond donors (Lipinski definition) is 0. The van der Waals surface area contributed by atoms with Gasteiger partial charge in [-0.15, -0.1) is 0 Å². The number of piperidine rings is 1. The maximum atomic E-state index is 2.61. The summed E-state index contributed by atoms with van der Waals surface area (Å²) in [5.41, 5.74) is 0.847. The standard InChI is InChI=1S/C6H9N/c1-4-3-7-5-2-6(4,5)7/h4-5H,2-3H2,1H3. The third-order valence-electron chi connectivity index (χ3n) is 3.10. The molecule has 3 aliphatic rings. The number of rotatable bonds is 0. The van der Waals surface area contributed by atoms with Crippen molar-refractivity contribution in [2.75, 3.05) is 6.54 Å². The maximum Gasteiger partial charge on any atom is 0.0422 e. The van der Waals surface area contributed by atoms with Crippen LogP contribution in [0.3, 0.4) is 0 Å². The molecule has 3 fully saturated rings. The van der Waals surface area contributed by atoms with Gasteiger partial charge in [0.1, 0.15) is 0 Å². The molecule has 3 rings (SSSR count). The van der Waals surface area contributed by atoms with Gasteiger partial charge in [0.25, 0.3) is 0 Å². The quantitative estimate of drug-likeness (QED) is 0.395. The fourth-order valence-corrected chi connectivity index (χ4v) is 2.29. The molecule has 2 saturated heterocycles. The lowest BCUT2D eigenvalue weighted by atomic mass is 9.96. The second-order valence-electron chi connectivity index (χ2n) is 3.26. The first kappa shape index (κ1) is 3.08. The van der Waals surface area contributed by atoms with Gasteiger partial charge in [-0.05, 0) is 12.3 Å². The van der Waals surface area contributed by atoms with Crippen LogP contribution in [0.4, 0.5) is 0 Å². The first-order valence-corrected chi connectivity index (χ1v) is 3.12. The van der Waals surface area contributed by atoms with Crippen molar-refractivity contribution in [1.29, 1.82) is 0 Å². The largest absolute Gasteiger partial charge is 0.291 e. The molecule has 0 aromatic carbocycles. The van der Waals surface area contributed by atoms with Gasteiger partial charge in [-0.1, -0.05) is 6.92 Å². The Morgan fingerprint density at radius 2 is 2.57 bits per heavy atom. The predicted molar refractivity (Wildman–Crippen MR) is 27.0 cm³/mol. The summed E-state index contributed by atoms with van der Waals surface area (Å²) in [6.07, 6.45) is 1.54. The van der Waals surface area contributed by atoms with Crippen LogP contribution in [0.2, 0.25) is 0 Å². The van der Waals surface area contributed by atoms with Gasteiger partial charge >= 0.3 is 0 Å². The van der Waals surface area contributed by atoms with E-state index in [0.29, 0.717) is 0 Å². The lowest BCUT2D eigenvalue weighted by Crippen LogP contribution is -2.40. The van der Waals surface area contributed by atoms with Crippen LogP contribution in [-0.2, 0) is 0 Å². The molecular formula is C6H9N. The van der Waals surface area contributed by atoms with E-state index in [4.69, 9.17) is 0 Å². The second kappa shape index (κ2) is 0.510. The zero-order valence-corrected chi connectivity index (χ0v) is 4.52. The Morgan fingerprint density at radius 3 is 2.57 bits per heavy atom. The average molecular weight is 95.1 g/mol. The maximum absolute atomic E-state index is 2.61. The summed E-state index contributed by atoms with van der Waals surface area (Å²) in [6, 6.07) is 1.09. The SMILES string of the molecule is CC1CN2C3CC132. The lowest BCUT2D eigenvalue weighted by Gasteiger charge is -2.32. The Balaban J connectivity index is 2.07. The first-order valence-electron chi connectivity index (χ1n) is 3.12. The molecule has 0 bridgehead atoms. The summed E-state index contributed by atoms with van der Waals surface area (Å²) in [5, 5.41) is 0. The molecule has 1 heteroatoms. The van der Waals surface area contributed by atoms with Crippen molar-refractivity contribution in [3.63, 3.8) is 0 Å². The second-order valence-corrected chi connectivity index (χ2v) is 3.26. The van der Waals surface area contributed by atoms with E-state index >= 15 is 0 Å². The minimum atomic E-state index is 0.847. The molecule has 1 spiro atoms. The van der Waals surface area contributed by atoms with Crippen LogP contribution >= 0.6 is 0 Å². The number of fused-ring (bicyclic) bond motifs is 1. The minimum Gasteiger partial charge on any atom is -0.291 e. The van der Waals surface area contributed by atoms with Crippen molar-refractivity contribution in [2.45, 2.75) is 24.9 Å². The summed E-state index contributed by atoms with van der Waals surface area (Å²) in [7, 11) is 0. The van der Waals surface area contributed by atoms with Gasteiger partial charge in [0.15, 0.2) is 0 Å². The van der Waals surface area contributed by atoms with E-state index in [1.54, 1.807) is 0 Å². The van der Waals surface area contributed by atoms with E-state index in [1.807, 2.05) is 0 Å². The molecular weight excluding hydrogens is 86.1 g/mol. The van der Waals surface area contributed by atoms with Crippen molar-refractivity contribution in [2.24, 2.45) is 5.92 Å². The van der Waals surface area contributed by atoms with Crippen LogP contribution in [0, 0.1) is 5.92 Å². The fraction of sp³-hybridized carbons (Fsp3) is 1.00. The average Bonchev–Trinajstić information content (AvgIpc) is 2.42. The highest BCUT2D eigenvalue weighted by atomic mass is 15.5. The van der Waals surface area contributed by atoms with Gasteiger partial charge in [-0.25, -0.2) is 0 Å². The van der Waals surface area contributed by atoms with Crippen molar-refractivity contribution in [3.8, 4) is 0 Å². The van der Waals surface area contributed by atoms with Gasteiger partial charge < -0.3 is 0 Å².